The molecule has 0 aliphatic rings. The van der Waals surface area contributed by atoms with Crippen LogP contribution in [-0.4, -0.2) is 15.0 Å². The molecule has 0 fully saturated rings. The Morgan fingerprint density at radius 1 is 1.53 bits per heavy atom. The van der Waals surface area contributed by atoms with Gasteiger partial charge in [0.2, 0.25) is 0 Å². The van der Waals surface area contributed by atoms with E-state index in [0.717, 1.165) is 23.5 Å². The molecule has 0 aliphatic heterocycles. The van der Waals surface area contributed by atoms with Gasteiger partial charge in [0.15, 0.2) is 0 Å². The van der Waals surface area contributed by atoms with Crippen LogP contribution in [0, 0.1) is 0 Å². The molecular weight excluding hydrogens is 260 g/mol. The molecule has 0 radical (unpaired) electrons. The van der Waals surface area contributed by atoms with Crippen LogP contribution in [0.1, 0.15) is 18.4 Å². The number of aromatic nitrogens is 3. The lowest BCUT2D eigenvalue weighted by Gasteiger charge is -2.05. The molecule has 0 bridgehead atoms. The average Bonchev–Trinajstić information content (AvgIpc) is 2.72. The zero-order valence-corrected chi connectivity index (χ0v) is 10.7. The van der Waals surface area contributed by atoms with Crippen molar-refractivity contribution in [2.24, 2.45) is 0 Å². The minimum absolute atomic E-state index is 0.0585. The van der Waals surface area contributed by atoms with Crippen molar-refractivity contribution in [2.75, 3.05) is 5.32 Å². The summed E-state index contributed by atoms with van der Waals surface area (Å²) in [5, 5.41) is 5.28. The summed E-state index contributed by atoms with van der Waals surface area (Å²) >= 11 is 7.01. The molecule has 2 rings (SSSR count). The number of nitrogens with one attached hydrogen (secondary N) is 2. The molecule has 0 atom stereocenters. The number of aromatic amines is 1. The van der Waals surface area contributed by atoms with E-state index in [4.69, 9.17) is 11.6 Å². The fourth-order valence-electron chi connectivity index (χ4n) is 1.30. The highest BCUT2D eigenvalue weighted by Crippen LogP contribution is 2.12. The van der Waals surface area contributed by atoms with Crippen LogP contribution in [0.15, 0.2) is 16.2 Å². The minimum Gasteiger partial charge on any atom is -0.364 e. The molecule has 5 nitrogen and oxygen atoms in total. The maximum absolute atomic E-state index is 10.9. The van der Waals surface area contributed by atoms with Gasteiger partial charge in [0.05, 0.1) is 6.54 Å². The number of nitrogens with zero attached hydrogens (tertiary/aromatic N) is 2. The maximum atomic E-state index is 10.9. The van der Waals surface area contributed by atoms with E-state index in [9.17, 15) is 4.79 Å². The van der Waals surface area contributed by atoms with E-state index in [1.54, 1.807) is 11.4 Å². The molecule has 0 saturated carbocycles. The number of aryl methyl sites for hydroxylation is 1. The van der Waals surface area contributed by atoms with Crippen LogP contribution in [0.4, 0.5) is 5.82 Å². The van der Waals surface area contributed by atoms with E-state index in [2.05, 4.69) is 20.3 Å². The summed E-state index contributed by atoms with van der Waals surface area (Å²) in [6.45, 7) is 2.47. The molecular formula is C10H11ClN4OS. The lowest BCUT2D eigenvalue weighted by Crippen LogP contribution is -2.06. The van der Waals surface area contributed by atoms with Gasteiger partial charge >= 0.3 is 4.87 Å². The summed E-state index contributed by atoms with van der Waals surface area (Å²) < 4.78 is 0. The predicted octanol–water partition coefficient (Wildman–Crippen LogP) is 2.05. The number of hydrogen-bond acceptors (Lipinski definition) is 5. The maximum Gasteiger partial charge on any atom is 0.304 e. The van der Waals surface area contributed by atoms with Gasteiger partial charge < -0.3 is 10.3 Å². The molecule has 2 N–H and O–H groups in total. The van der Waals surface area contributed by atoms with Crippen molar-refractivity contribution in [2.45, 2.75) is 19.9 Å². The lowest BCUT2D eigenvalue weighted by molar-refractivity contribution is 0.929. The number of thiazole rings is 1. The molecule has 2 aromatic heterocycles. The van der Waals surface area contributed by atoms with E-state index in [-0.39, 0.29) is 4.87 Å². The monoisotopic (exact) mass is 270 g/mol. The average molecular weight is 271 g/mol. The number of hydrogen-bond donors (Lipinski definition) is 2. The van der Waals surface area contributed by atoms with Crippen molar-refractivity contribution in [3.05, 3.63) is 37.8 Å². The molecule has 0 saturated heterocycles. The van der Waals surface area contributed by atoms with E-state index in [0.29, 0.717) is 23.3 Å². The Morgan fingerprint density at radius 2 is 2.35 bits per heavy atom. The Hall–Kier alpha value is -1.40. The van der Waals surface area contributed by atoms with Gasteiger partial charge in [0, 0.05) is 23.6 Å². The van der Waals surface area contributed by atoms with Crippen LogP contribution in [-0.2, 0) is 13.0 Å². The van der Waals surface area contributed by atoms with Crippen LogP contribution in [0.5, 0.6) is 0 Å². The van der Waals surface area contributed by atoms with Gasteiger partial charge in [0.25, 0.3) is 0 Å². The highest BCUT2D eigenvalue weighted by atomic mass is 35.5. The molecule has 2 heterocycles. The standard InChI is InChI=1S/C10H11ClN4OS/c1-2-8-14-7(11)3-9(15-8)12-4-6-5-17-10(16)13-6/h3,5H,2,4H2,1H3,(H,13,16)(H,12,14,15). The molecule has 17 heavy (non-hydrogen) atoms. The molecule has 0 aromatic carbocycles. The first-order valence-electron chi connectivity index (χ1n) is 5.11. The Morgan fingerprint density at radius 3 is 3.00 bits per heavy atom. The molecule has 90 valence electrons. The number of rotatable bonds is 4. The first kappa shape index (κ1) is 12.1. The zero-order valence-electron chi connectivity index (χ0n) is 9.16. The number of anilines is 1. The molecule has 0 spiro atoms. The van der Waals surface area contributed by atoms with Gasteiger partial charge in [-0.2, -0.15) is 0 Å². The summed E-state index contributed by atoms with van der Waals surface area (Å²) in [6.07, 6.45) is 0.727. The van der Waals surface area contributed by atoms with Crippen molar-refractivity contribution >= 4 is 28.8 Å². The van der Waals surface area contributed by atoms with Gasteiger partial charge in [-0.3, -0.25) is 4.79 Å². The first-order chi connectivity index (χ1) is 8.17. The lowest BCUT2D eigenvalue weighted by atomic mass is 10.4. The van der Waals surface area contributed by atoms with Crippen molar-refractivity contribution in [3.8, 4) is 0 Å². The summed E-state index contributed by atoms with van der Waals surface area (Å²) in [4.78, 5) is 21.9. The van der Waals surface area contributed by atoms with Gasteiger partial charge in [-0.25, -0.2) is 9.97 Å². The quantitative estimate of drug-likeness (QED) is 0.835. The Balaban J connectivity index is 2.08. The Labute approximate surface area is 107 Å². The van der Waals surface area contributed by atoms with Gasteiger partial charge in [-0.1, -0.05) is 29.9 Å². The third-order valence-electron chi connectivity index (χ3n) is 2.09. The second-order valence-electron chi connectivity index (χ2n) is 3.37. The topological polar surface area (TPSA) is 70.7 Å². The molecule has 7 heteroatoms. The Bertz CT molecular complexity index is 565. The van der Waals surface area contributed by atoms with Crippen molar-refractivity contribution in [3.63, 3.8) is 0 Å². The number of H-pyrrole nitrogens is 1. The van der Waals surface area contributed by atoms with Crippen molar-refractivity contribution in [1.29, 1.82) is 0 Å². The van der Waals surface area contributed by atoms with Crippen LogP contribution < -0.4 is 10.2 Å². The summed E-state index contributed by atoms with van der Waals surface area (Å²) in [7, 11) is 0. The SMILES string of the molecule is CCc1nc(Cl)cc(NCc2csc(=O)[nH]2)n1. The highest BCUT2D eigenvalue weighted by Gasteiger charge is 2.02. The summed E-state index contributed by atoms with van der Waals surface area (Å²) in [5.41, 5.74) is 0.827. The summed E-state index contributed by atoms with van der Waals surface area (Å²) in [6, 6.07) is 1.66. The van der Waals surface area contributed by atoms with Gasteiger partial charge in [0.1, 0.15) is 16.8 Å². The van der Waals surface area contributed by atoms with E-state index < -0.39 is 0 Å². The second kappa shape index (κ2) is 5.29. The van der Waals surface area contributed by atoms with Crippen LogP contribution in [0.3, 0.4) is 0 Å². The van der Waals surface area contributed by atoms with Crippen LogP contribution in [0.25, 0.3) is 0 Å². The first-order valence-corrected chi connectivity index (χ1v) is 6.37. The smallest absolute Gasteiger partial charge is 0.304 e. The molecule has 2 aromatic rings. The zero-order chi connectivity index (χ0) is 12.3. The molecule has 0 amide bonds. The van der Waals surface area contributed by atoms with E-state index in [1.807, 2.05) is 6.92 Å². The summed E-state index contributed by atoms with van der Waals surface area (Å²) in [5.74, 6) is 1.35. The third kappa shape index (κ3) is 3.28. The fourth-order valence-corrected chi connectivity index (χ4v) is 2.08. The molecule has 0 unspecified atom stereocenters. The van der Waals surface area contributed by atoms with Crippen molar-refractivity contribution in [1.82, 2.24) is 15.0 Å². The van der Waals surface area contributed by atoms with Crippen molar-refractivity contribution < 1.29 is 0 Å². The largest absolute Gasteiger partial charge is 0.364 e. The minimum atomic E-state index is -0.0585. The van der Waals surface area contributed by atoms with Gasteiger partial charge in [-0.05, 0) is 0 Å². The van der Waals surface area contributed by atoms with Crippen LogP contribution in [0.2, 0.25) is 5.15 Å². The number of halogens is 1. The van der Waals surface area contributed by atoms with Crippen LogP contribution >= 0.6 is 22.9 Å². The Kier molecular flexibility index (Phi) is 3.75. The fraction of sp³-hybridized carbons (Fsp3) is 0.300. The van der Waals surface area contributed by atoms with E-state index in [1.165, 1.54) is 0 Å². The van der Waals surface area contributed by atoms with Gasteiger partial charge in [-0.15, -0.1) is 0 Å². The van der Waals surface area contributed by atoms with E-state index >= 15 is 0 Å². The second-order valence-corrected chi connectivity index (χ2v) is 4.60. The normalized spacial score (nSPS) is 10.5. The predicted molar refractivity (Wildman–Crippen MR) is 68.7 cm³/mol. The highest BCUT2D eigenvalue weighted by molar-refractivity contribution is 7.07. The third-order valence-corrected chi connectivity index (χ3v) is 3.00. The molecule has 0 aliphatic carbocycles.